The van der Waals surface area contributed by atoms with Gasteiger partial charge in [-0.1, -0.05) is 6.92 Å². The molecule has 0 aromatic carbocycles. The molecule has 0 aliphatic rings. The number of aromatic nitrogens is 2. The second-order valence-electron chi connectivity index (χ2n) is 2.90. The molecular formula is C10H10N2O. The number of hydrogen-bond acceptors (Lipinski definition) is 2. The second kappa shape index (κ2) is 3.01. The standard InChI is InChI=1S/C10H10N2O/c1-2-9-6-10-8(7-13)4-3-5-12(10)11-9/h3-7H,2H2,1H3. The minimum absolute atomic E-state index is 0.690. The smallest absolute Gasteiger partial charge is 0.152 e. The van der Waals surface area contributed by atoms with Crippen molar-refractivity contribution in [3.05, 3.63) is 35.7 Å². The van der Waals surface area contributed by atoms with Crippen molar-refractivity contribution < 1.29 is 4.79 Å². The first-order valence-corrected chi connectivity index (χ1v) is 4.27. The van der Waals surface area contributed by atoms with Gasteiger partial charge in [0.1, 0.15) is 0 Å². The van der Waals surface area contributed by atoms with Crippen molar-refractivity contribution in [3.63, 3.8) is 0 Å². The van der Waals surface area contributed by atoms with Crippen molar-refractivity contribution in [3.8, 4) is 0 Å². The van der Waals surface area contributed by atoms with Gasteiger partial charge >= 0.3 is 0 Å². The van der Waals surface area contributed by atoms with Crippen LogP contribution in [0.4, 0.5) is 0 Å². The summed E-state index contributed by atoms with van der Waals surface area (Å²) in [5.41, 5.74) is 2.58. The van der Waals surface area contributed by atoms with E-state index in [2.05, 4.69) is 5.10 Å². The minimum Gasteiger partial charge on any atom is -0.298 e. The molecule has 13 heavy (non-hydrogen) atoms. The number of fused-ring (bicyclic) bond motifs is 1. The normalized spacial score (nSPS) is 10.5. The first kappa shape index (κ1) is 7.98. The molecule has 2 rings (SSSR count). The molecule has 0 aliphatic carbocycles. The molecule has 0 radical (unpaired) electrons. The quantitative estimate of drug-likeness (QED) is 0.649. The van der Waals surface area contributed by atoms with Crippen molar-refractivity contribution in [2.45, 2.75) is 13.3 Å². The molecule has 0 amide bonds. The van der Waals surface area contributed by atoms with Crippen LogP contribution in [0.5, 0.6) is 0 Å². The summed E-state index contributed by atoms with van der Waals surface area (Å²) >= 11 is 0. The summed E-state index contributed by atoms with van der Waals surface area (Å²) in [6.07, 6.45) is 3.60. The molecule has 3 heteroatoms. The number of aryl methyl sites for hydroxylation is 1. The zero-order valence-electron chi connectivity index (χ0n) is 7.40. The molecular weight excluding hydrogens is 164 g/mol. The fraction of sp³-hybridized carbons (Fsp3) is 0.200. The Morgan fingerprint density at radius 3 is 3.15 bits per heavy atom. The average molecular weight is 174 g/mol. The number of rotatable bonds is 2. The third-order valence-corrected chi connectivity index (χ3v) is 2.07. The fourth-order valence-corrected chi connectivity index (χ4v) is 1.36. The molecule has 0 aliphatic heterocycles. The molecule has 0 bridgehead atoms. The van der Waals surface area contributed by atoms with Crippen LogP contribution in [0.25, 0.3) is 5.52 Å². The van der Waals surface area contributed by atoms with Crippen LogP contribution in [0, 0.1) is 0 Å². The van der Waals surface area contributed by atoms with E-state index in [9.17, 15) is 4.79 Å². The van der Waals surface area contributed by atoms with Crippen LogP contribution in [-0.4, -0.2) is 15.9 Å². The minimum atomic E-state index is 0.690. The van der Waals surface area contributed by atoms with Gasteiger partial charge < -0.3 is 0 Å². The van der Waals surface area contributed by atoms with Crippen molar-refractivity contribution in [1.82, 2.24) is 9.61 Å². The first-order chi connectivity index (χ1) is 6.35. The molecule has 2 aromatic rings. The zero-order chi connectivity index (χ0) is 9.26. The predicted octanol–water partition coefficient (Wildman–Crippen LogP) is 1.71. The Kier molecular flexibility index (Phi) is 1.85. The van der Waals surface area contributed by atoms with E-state index >= 15 is 0 Å². The number of nitrogens with zero attached hydrogens (tertiary/aromatic N) is 2. The van der Waals surface area contributed by atoms with E-state index in [0.717, 1.165) is 23.9 Å². The second-order valence-corrected chi connectivity index (χ2v) is 2.90. The Hall–Kier alpha value is -1.64. The topological polar surface area (TPSA) is 34.4 Å². The van der Waals surface area contributed by atoms with Crippen LogP contribution in [0.3, 0.4) is 0 Å². The summed E-state index contributed by atoms with van der Waals surface area (Å²) in [5.74, 6) is 0. The third kappa shape index (κ3) is 1.22. The van der Waals surface area contributed by atoms with Gasteiger partial charge in [0.15, 0.2) is 6.29 Å². The van der Waals surface area contributed by atoms with Gasteiger partial charge in [0.2, 0.25) is 0 Å². The SMILES string of the molecule is CCc1cc2c(C=O)cccn2n1. The molecule has 2 heterocycles. The van der Waals surface area contributed by atoms with Gasteiger partial charge in [-0.3, -0.25) is 4.79 Å². The summed E-state index contributed by atoms with van der Waals surface area (Å²) in [6.45, 7) is 2.04. The molecule has 0 N–H and O–H groups in total. The fourth-order valence-electron chi connectivity index (χ4n) is 1.36. The zero-order valence-corrected chi connectivity index (χ0v) is 7.40. The Morgan fingerprint density at radius 1 is 1.62 bits per heavy atom. The van der Waals surface area contributed by atoms with E-state index in [1.807, 2.05) is 25.3 Å². The molecule has 2 aromatic heterocycles. The van der Waals surface area contributed by atoms with Crippen LogP contribution in [0.1, 0.15) is 23.0 Å². The Labute approximate surface area is 76.0 Å². The Morgan fingerprint density at radius 2 is 2.46 bits per heavy atom. The predicted molar refractivity (Wildman–Crippen MR) is 50.0 cm³/mol. The van der Waals surface area contributed by atoms with Crippen molar-refractivity contribution in [2.75, 3.05) is 0 Å². The molecule has 0 spiro atoms. The molecule has 0 atom stereocenters. The molecule has 0 unspecified atom stereocenters. The van der Waals surface area contributed by atoms with Gasteiger partial charge in [-0.25, -0.2) is 4.52 Å². The van der Waals surface area contributed by atoms with Gasteiger partial charge in [-0.15, -0.1) is 0 Å². The molecule has 3 nitrogen and oxygen atoms in total. The Balaban J connectivity index is 2.74. The monoisotopic (exact) mass is 174 g/mol. The number of carbonyl (C=O) groups is 1. The van der Waals surface area contributed by atoms with E-state index in [0.29, 0.717) is 5.56 Å². The van der Waals surface area contributed by atoms with Gasteiger partial charge in [0.05, 0.1) is 11.2 Å². The summed E-state index contributed by atoms with van der Waals surface area (Å²) in [6, 6.07) is 5.57. The lowest BCUT2D eigenvalue weighted by Crippen LogP contribution is -1.90. The number of pyridine rings is 1. The summed E-state index contributed by atoms with van der Waals surface area (Å²) < 4.78 is 1.74. The van der Waals surface area contributed by atoms with E-state index in [-0.39, 0.29) is 0 Å². The van der Waals surface area contributed by atoms with E-state index in [4.69, 9.17) is 0 Å². The molecule has 0 saturated carbocycles. The van der Waals surface area contributed by atoms with Crippen molar-refractivity contribution in [2.24, 2.45) is 0 Å². The van der Waals surface area contributed by atoms with Crippen LogP contribution in [0.2, 0.25) is 0 Å². The summed E-state index contributed by atoms with van der Waals surface area (Å²) in [4.78, 5) is 10.7. The van der Waals surface area contributed by atoms with E-state index < -0.39 is 0 Å². The van der Waals surface area contributed by atoms with Gasteiger partial charge in [0, 0.05) is 11.8 Å². The van der Waals surface area contributed by atoms with Crippen LogP contribution < -0.4 is 0 Å². The lowest BCUT2D eigenvalue weighted by Gasteiger charge is -1.93. The maximum atomic E-state index is 10.7. The van der Waals surface area contributed by atoms with E-state index in [1.165, 1.54) is 0 Å². The number of hydrogen-bond donors (Lipinski definition) is 0. The summed E-state index contributed by atoms with van der Waals surface area (Å²) in [7, 11) is 0. The largest absolute Gasteiger partial charge is 0.298 e. The van der Waals surface area contributed by atoms with Crippen LogP contribution in [0.15, 0.2) is 24.4 Å². The number of aldehydes is 1. The summed E-state index contributed by atoms with van der Waals surface area (Å²) in [5, 5.41) is 4.30. The molecule has 66 valence electrons. The number of carbonyl (C=O) groups excluding carboxylic acids is 1. The first-order valence-electron chi connectivity index (χ1n) is 4.27. The highest BCUT2D eigenvalue weighted by molar-refractivity contribution is 5.85. The maximum absolute atomic E-state index is 10.7. The Bertz CT molecular complexity index is 445. The van der Waals surface area contributed by atoms with Crippen LogP contribution in [-0.2, 0) is 6.42 Å². The lowest BCUT2D eigenvalue weighted by atomic mass is 10.2. The van der Waals surface area contributed by atoms with Gasteiger partial charge in [-0.05, 0) is 24.6 Å². The maximum Gasteiger partial charge on any atom is 0.152 e. The van der Waals surface area contributed by atoms with Crippen LogP contribution >= 0.6 is 0 Å². The lowest BCUT2D eigenvalue weighted by molar-refractivity contribution is 0.112. The third-order valence-electron chi connectivity index (χ3n) is 2.07. The van der Waals surface area contributed by atoms with Gasteiger partial charge in [0.25, 0.3) is 0 Å². The molecule has 0 saturated heterocycles. The highest BCUT2D eigenvalue weighted by atomic mass is 16.1. The van der Waals surface area contributed by atoms with Crippen molar-refractivity contribution >= 4 is 11.8 Å². The van der Waals surface area contributed by atoms with E-state index in [1.54, 1.807) is 10.6 Å². The van der Waals surface area contributed by atoms with Crippen molar-refractivity contribution in [1.29, 1.82) is 0 Å². The highest BCUT2D eigenvalue weighted by Gasteiger charge is 2.02. The molecule has 0 fully saturated rings. The average Bonchev–Trinajstić information content (AvgIpc) is 2.59. The van der Waals surface area contributed by atoms with Gasteiger partial charge in [-0.2, -0.15) is 5.10 Å². The highest BCUT2D eigenvalue weighted by Crippen LogP contribution is 2.10.